The second kappa shape index (κ2) is 3.85. The van der Waals surface area contributed by atoms with Crippen molar-refractivity contribution in [3.63, 3.8) is 0 Å². The molecular weight excluding hydrogens is 218 g/mol. The van der Waals surface area contributed by atoms with Crippen LogP contribution in [0.5, 0.6) is 6.01 Å². The number of methoxy groups -OCH3 is 1. The van der Waals surface area contributed by atoms with E-state index in [0.717, 1.165) is 5.56 Å². The molecule has 14 heavy (non-hydrogen) atoms. The van der Waals surface area contributed by atoms with Crippen LogP contribution in [0.25, 0.3) is 11.4 Å². The third-order valence-corrected chi connectivity index (χ3v) is 2.48. The molecule has 1 N–H and O–H groups in total. The molecule has 0 aliphatic heterocycles. The van der Waals surface area contributed by atoms with E-state index in [0.29, 0.717) is 11.8 Å². The lowest BCUT2D eigenvalue weighted by atomic mass is 10.3. The third kappa shape index (κ3) is 1.80. The van der Waals surface area contributed by atoms with Crippen molar-refractivity contribution in [1.82, 2.24) is 15.0 Å². The molecule has 0 aliphatic carbocycles. The number of hydrogen-bond donors (Lipinski definition) is 1. The van der Waals surface area contributed by atoms with Crippen LogP contribution in [0.1, 0.15) is 0 Å². The van der Waals surface area contributed by atoms with Gasteiger partial charge in [0.1, 0.15) is 5.82 Å². The maximum Gasteiger partial charge on any atom is 0.297 e. The molecule has 2 aromatic rings. The predicted molar refractivity (Wildman–Crippen MR) is 57.1 cm³/mol. The molecule has 0 fully saturated rings. The van der Waals surface area contributed by atoms with Crippen molar-refractivity contribution in [2.24, 2.45) is 0 Å². The Balaban J connectivity index is 2.54. The van der Waals surface area contributed by atoms with Crippen molar-refractivity contribution < 1.29 is 4.74 Å². The van der Waals surface area contributed by atoms with Crippen LogP contribution >= 0.6 is 23.6 Å². The van der Waals surface area contributed by atoms with Gasteiger partial charge in [0.15, 0.2) is 0 Å². The highest BCUT2D eigenvalue weighted by Gasteiger charge is 2.03. The van der Waals surface area contributed by atoms with Crippen LogP contribution in [-0.2, 0) is 0 Å². The van der Waals surface area contributed by atoms with Gasteiger partial charge >= 0.3 is 0 Å². The molecule has 0 spiro atoms. The molecule has 72 valence electrons. The zero-order valence-electron chi connectivity index (χ0n) is 7.35. The van der Waals surface area contributed by atoms with Crippen LogP contribution < -0.4 is 4.74 Å². The topological polar surface area (TPSA) is 50.8 Å². The minimum atomic E-state index is 0.279. The minimum Gasteiger partial charge on any atom is -0.468 e. The molecule has 0 atom stereocenters. The van der Waals surface area contributed by atoms with Gasteiger partial charge in [-0.15, -0.1) is 0 Å². The average Bonchev–Trinajstić information content (AvgIpc) is 2.69. The van der Waals surface area contributed by atoms with Gasteiger partial charge < -0.3 is 4.74 Å². The lowest BCUT2D eigenvalue weighted by Crippen LogP contribution is -1.96. The van der Waals surface area contributed by atoms with Gasteiger partial charge in [-0.25, -0.2) is 4.98 Å². The summed E-state index contributed by atoms with van der Waals surface area (Å²) in [5.74, 6) is 0.683. The largest absolute Gasteiger partial charge is 0.468 e. The third-order valence-electron chi connectivity index (χ3n) is 1.62. The van der Waals surface area contributed by atoms with E-state index >= 15 is 0 Å². The Hall–Kier alpha value is -1.27. The first-order valence-corrected chi connectivity index (χ1v) is 5.19. The average molecular weight is 225 g/mol. The summed E-state index contributed by atoms with van der Waals surface area (Å²) < 4.78 is 5.24. The van der Waals surface area contributed by atoms with Crippen LogP contribution in [-0.4, -0.2) is 22.1 Å². The van der Waals surface area contributed by atoms with Gasteiger partial charge in [-0.05, 0) is 23.7 Å². The summed E-state index contributed by atoms with van der Waals surface area (Å²) in [7, 11) is 1.53. The maximum absolute atomic E-state index is 4.96. The van der Waals surface area contributed by atoms with Crippen molar-refractivity contribution in [2.45, 2.75) is 0 Å². The number of ether oxygens (including phenoxy) is 1. The van der Waals surface area contributed by atoms with Crippen molar-refractivity contribution in [1.29, 1.82) is 0 Å². The van der Waals surface area contributed by atoms with E-state index in [1.807, 2.05) is 16.8 Å². The molecule has 4 nitrogen and oxygen atoms in total. The molecule has 2 rings (SSSR count). The number of thiophene rings is 1. The molecule has 0 aromatic carbocycles. The molecule has 6 heteroatoms. The van der Waals surface area contributed by atoms with Gasteiger partial charge in [0.2, 0.25) is 4.77 Å². The second-order valence-corrected chi connectivity index (χ2v) is 3.65. The lowest BCUT2D eigenvalue weighted by molar-refractivity contribution is 0.378. The molecule has 0 bridgehead atoms. The van der Waals surface area contributed by atoms with E-state index in [4.69, 9.17) is 17.0 Å². The number of nitrogens with zero attached hydrogens (tertiary/aromatic N) is 2. The summed E-state index contributed by atoms with van der Waals surface area (Å²) in [4.78, 5) is 10.9. The first-order chi connectivity index (χ1) is 6.79. The number of nitrogens with one attached hydrogen (secondary N) is 1. The summed E-state index contributed by atoms with van der Waals surface area (Å²) in [6.07, 6.45) is 0. The smallest absolute Gasteiger partial charge is 0.297 e. The Morgan fingerprint density at radius 1 is 1.50 bits per heavy atom. The van der Waals surface area contributed by atoms with E-state index in [9.17, 15) is 0 Å². The fraction of sp³-hybridized carbons (Fsp3) is 0.125. The summed E-state index contributed by atoms with van der Waals surface area (Å²) in [6, 6.07) is 2.34. The lowest BCUT2D eigenvalue weighted by Gasteiger charge is -2.00. The van der Waals surface area contributed by atoms with E-state index in [1.54, 1.807) is 11.3 Å². The minimum absolute atomic E-state index is 0.279. The number of hydrogen-bond acceptors (Lipinski definition) is 5. The van der Waals surface area contributed by atoms with E-state index in [1.165, 1.54) is 7.11 Å². The normalized spacial score (nSPS) is 10.1. The van der Waals surface area contributed by atoms with Gasteiger partial charge in [-0.3, -0.25) is 4.98 Å². The first-order valence-electron chi connectivity index (χ1n) is 3.84. The number of aromatic amines is 1. The highest BCUT2D eigenvalue weighted by Crippen LogP contribution is 2.18. The monoisotopic (exact) mass is 225 g/mol. The molecule has 2 heterocycles. The Labute approximate surface area is 89.6 Å². The number of aromatic nitrogens is 3. The van der Waals surface area contributed by atoms with Crippen molar-refractivity contribution in [3.8, 4) is 17.4 Å². The molecule has 0 aliphatic rings. The zero-order chi connectivity index (χ0) is 9.97. The Morgan fingerprint density at radius 2 is 2.36 bits per heavy atom. The second-order valence-electron chi connectivity index (χ2n) is 2.50. The molecule has 0 saturated carbocycles. The zero-order valence-corrected chi connectivity index (χ0v) is 8.98. The van der Waals surface area contributed by atoms with Crippen LogP contribution in [0.3, 0.4) is 0 Å². The summed E-state index contributed by atoms with van der Waals surface area (Å²) in [5, 5.41) is 3.95. The molecule has 2 aromatic heterocycles. The quantitative estimate of drug-likeness (QED) is 0.797. The summed E-state index contributed by atoms with van der Waals surface area (Å²) >= 11 is 6.51. The molecule has 0 radical (unpaired) electrons. The SMILES string of the molecule is COc1nc(=S)nc(-c2ccsc2)[nH]1. The number of H-pyrrole nitrogens is 1. The van der Waals surface area contributed by atoms with E-state index in [-0.39, 0.29) is 4.77 Å². The maximum atomic E-state index is 4.96. The van der Waals surface area contributed by atoms with E-state index in [2.05, 4.69) is 15.0 Å². The summed E-state index contributed by atoms with van der Waals surface area (Å²) in [5.41, 5.74) is 0.988. The predicted octanol–water partition coefficient (Wildman–Crippen LogP) is 2.27. The molecule has 0 saturated heterocycles. The first kappa shape index (κ1) is 9.29. The van der Waals surface area contributed by atoms with Crippen LogP contribution in [0.2, 0.25) is 0 Å². The Morgan fingerprint density at radius 3 is 3.00 bits per heavy atom. The fourth-order valence-electron chi connectivity index (χ4n) is 0.997. The van der Waals surface area contributed by atoms with Gasteiger partial charge in [-0.1, -0.05) is 0 Å². The summed E-state index contributed by atoms with van der Waals surface area (Å²) in [6.45, 7) is 0. The Kier molecular flexibility index (Phi) is 2.55. The highest BCUT2D eigenvalue weighted by molar-refractivity contribution is 7.71. The Bertz CT molecular complexity index is 478. The number of rotatable bonds is 2. The van der Waals surface area contributed by atoms with Crippen molar-refractivity contribution in [3.05, 3.63) is 21.6 Å². The van der Waals surface area contributed by atoms with Gasteiger partial charge in [0, 0.05) is 10.9 Å². The van der Waals surface area contributed by atoms with Crippen LogP contribution in [0.15, 0.2) is 16.8 Å². The van der Waals surface area contributed by atoms with Crippen molar-refractivity contribution in [2.75, 3.05) is 7.11 Å². The van der Waals surface area contributed by atoms with Gasteiger partial charge in [-0.2, -0.15) is 16.3 Å². The van der Waals surface area contributed by atoms with Gasteiger partial charge in [0.05, 0.1) is 7.11 Å². The molecular formula is C8H7N3OS2. The standard InChI is InChI=1S/C8H7N3OS2/c1-12-7-9-6(10-8(13)11-7)5-2-3-14-4-5/h2-4H,1H3,(H,9,10,11,13). The van der Waals surface area contributed by atoms with Crippen LogP contribution in [0.4, 0.5) is 0 Å². The van der Waals surface area contributed by atoms with E-state index < -0.39 is 0 Å². The van der Waals surface area contributed by atoms with Gasteiger partial charge in [0.25, 0.3) is 6.01 Å². The molecule has 0 amide bonds. The highest BCUT2D eigenvalue weighted by atomic mass is 32.1. The van der Waals surface area contributed by atoms with Crippen LogP contribution in [0, 0.1) is 4.77 Å². The fourth-order valence-corrected chi connectivity index (χ4v) is 1.81. The van der Waals surface area contributed by atoms with Crippen molar-refractivity contribution >= 4 is 23.6 Å². The molecule has 0 unspecified atom stereocenters.